The van der Waals surface area contributed by atoms with E-state index in [-0.39, 0.29) is 0 Å². The van der Waals surface area contributed by atoms with Crippen LogP contribution in [-0.4, -0.2) is 34.6 Å². The Labute approximate surface area is 110 Å². The summed E-state index contributed by atoms with van der Waals surface area (Å²) in [4.78, 5) is 6.68. The Balaban J connectivity index is 2.04. The van der Waals surface area contributed by atoms with Crippen LogP contribution in [0.25, 0.3) is 0 Å². The molecule has 0 bridgehead atoms. The monoisotopic (exact) mass is 250 g/mol. The topological polar surface area (TPSA) is 47.1 Å². The molecule has 3 unspecified atom stereocenters. The first kappa shape index (κ1) is 13.6. The first-order chi connectivity index (χ1) is 8.67. The van der Waals surface area contributed by atoms with E-state index in [1.807, 2.05) is 12.5 Å². The molecule has 1 aliphatic carbocycles. The van der Waals surface area contributed by atoms with Crippen molar-refractivity contribution in [2.24, 2.45) is 17.6 Å². The van der Waals surface area contributed by atoms with E-state index in [0.29, 0.717) is 12.6 Å². The number of hydrogen-bond acceptors (Lipinski definition) is 3. The van der Waals surface area contributed by atoms with Crippen molar-refractivity contribution in [2.75, 3.05) is 20.1 Å². The summed E-state index contributed by atoms with van der Waals surface area (Å²) in [5.41, 5.74) is 7.24. The summed E-state index contributed by atoms with van der Waals surface area (Å²) in [6, 6.07) is 0.298. The van der Waals surface area contributed by atoms with Crippen molar-refractivity contribution in [1.29, 1.82) is 0 Å². The van der Waals surface area contributed by atoms with E-state index >= 15 is 0 Å². The molecule has 0 saturated heterocycles. The van der Waals surface area contributed by atoms with Crippen LogP contribution in [0.3, 0.4) is 0 Å². The average Bonchev–Trinajstić information content (AvgIpc) is 2.85. The van der Waals surface area contributed by atoms with Gasteiger partial charge in [0, 0.05) is 25.8 Å². The smallest absolute Gasteiger partial charge is 0.0948 e. The second kappa shape index (κ2) is 5.85. The lowest BCUT2D eigenvalue weighted by Gasteiger charge is -2.27. The number of hydrogen-bond donors (Lipinski definition) is 1. The molecule has 1 aliphatic rings. The lowest BCUT2D eigenvalue weighted by atomic mass is 10.1. The quantitative estimate of drug-likeness (QED) is 0.804. The van der Waals surface area contributed by atoms with Crippen molar-refractivity contribution >= 4 is 0 Å². The number of likely N-dealkylation sites (N-methyl/N-ethyl adjacent to an activating group) is 1. The summed E-state index contributed by atoms with van der Waals surface area (Å²) in [6.07, 6.45) is 6.40. The highest BCUT2D eigenvalue weighted by atomic mass is 15.2. The lowest BCUT2D eigenvalue weighted by molar-refractivity contribution is 0.228. The molecule has 0 amide bonds. The minimum Gasteiger partial charge on any atom is -0.333 e. The second-order valence-corrected chi connectivity index (χ2v) is 5.68. The highest BCUT2D eigenvalue weighted by molar-refractivity contribution is 5.07. The Hall–Kier alpha value is -0.870. The van der Waals surface area contributed by atoms with Gasteiger partial charge in [-0.25, -0.2) is 4.98 Å². The third kappa shape index (κ3) is 2.93. The summed E-state index contributed by atoms with van der Waals surface area (Å²) in [6.45, 7) is 7.36. The molecular formula is C14H26N4. The summed E-state index contributed by atoms with van der Waals surface area (Å²) < 4.78 is 2.24. The molecule has 1 aromatic rings. The maximum atomic E-state index is 5.98. The molecular weight excluding hydrogens is 224 g/mol. The molecule has 0 spiro atoms. The first-order valence-electron chi connectivity index (χ1n) is 7.07. The van der Waals surface area contributed by atoms with Crippen molar-refractivity contribution in [3.8, 4) is 0 Å². The standard InChI is InChI=1S/C14H26N4/c1-4-5-18-10-16-8-14(18)13(7-15)17(3)9-12-6-11(12)2/h8,10-13H,4-7,9,15H2,1-3H3. The Bertz CT molecular complexity index is 374. The van der Waals surface area contributed by atoms with Gasteiger partial charge in [-0.05, 0) is 31.7 Å². The number of aromatic nitrogens is 2. The molecule has 0 aliphatic heterocycles. The summed E-state index contributed by atoms with van der Waals surface area (Å²) in [7, 11) is 2.19. The zero-order chi connectivity index (χ0) is 13.1. The zero-order valence-corrected chi connectivity index (χ0v) is 11.8. The van der Waals surface area contributed by atoms with E-state index in [9.17, 15) is 0 Å². The van der Waals surface area contributed by atoms with Crippen LogP contribution in [0.1, 0.15) is 38.4 Å². The van der Waals surface area contributed by atoms with Crippen LogP contribution < -0.4 is 5.73 Å². The van der Waals surface area contributed by atoms with E-state index < -0.39 is 0 Å². The first-order valence-corrected chi connectivity index (χ1v) is 7.07. The molecule has 3 atom stereocenters. The third-order valence-corrected chi connectivity index (χ3v) is 4.10. The van der Waals surface area contributed by atoms with Gasteiger partial charge in [0.05, 0.1) is 18.1 Å². The fraction of sp³-hybridized carbons (Fsp3) is 0.786. The van der Waals surface area contributed by atoms with Crippen LogP contribution in [0, 0.1) is 11.8 Å². The number of imidazole rings is 1. The van der Waals surface area contributed by atoms with Gasteiger partial charge in [-0.15, -0.1) is 0 Å². The van der Waals surface area contributed by atoms with Gasteiger partial charge >= 0.3 is 0 Å². The Morgan fingerprint density at radius 3 is 2.89 bits per heavy atom. The fourth-order valence-corrected chi connectivity index (χ4v) is 2.71. The number of rotatable bonds is 7. The summed E-state index contributed by atoms with van der Waals surface area (Å²) in [5, 5.41) is 0. The predicted molar refractivity (Wildman–Crippen MR) is 74.2 cm³/mol. The van der Waals surface area contributed by atoms with Crippen LogP contribution in [0.2, 0.25) is 0 Å². The van der Waals surface area contributed by atoms with Gasteiger partial charge in [0.15, 0.2) is 0 Å². The molecule has 18 heavy (non-hydrogen) atoms. The van der Waals surface area contributed by atoms with Gasteiger partial charge in [0.1, 0.15) is 0 Å². The fourth-order valence-electron chi connectivity index (χ4n) is 2.71. The van der Waals surface area contributed by atoms with Gasteiger partial charge in [-0.3, -0.25) is 4.90 Å². The highest BCUT2D eigenvalue weighted by Gasteiger charge is 2.34. The Kier molecular flexibility index (Phi) is 4.40. The lowest BCUT2D eigenvalue weighted by Crippen LogP contribution is -2.33. The number of nitrogens with zero attached hydrogens (tertiary/aromatic N) is 3. The number of nitrogens with two attached hydrogens (primary N) is 1. The molecule has 1 saturated carbocycles. The van der Waals surface area contributed by atoms with Gasteiger partial charge in [0.2, 0.25) is 0 Å². The average molecular weight is 250 g/mol. The molecule has 4 heteroatoms. The molecule has 2 N–H and O–H groups in total. The van der Waals surface area contributed by atoms with Crippen molar-refractivity contribution in [1.82, 2.24) is 14.5 Å². The molecule has 2 rings (SSSR count). The van der Waals surface area contributed by atoms with E-state index in [1.165, 1.54) is 12.1 Å². The normalized spacial score (nSPS) is 24.5. The number of aryl methyl sites for hydroxylation is 1. The van der Waals surface area contributed by atoms with Crippen molar-refractivity contribution in [3.05, 3.63) is 18.2 Å². The van der Waals surface area contributed by atoms with Crippen LogP contribution in [0.4, 0.5) is 0 Å². The van der Waals surface area contributed by atoms with Gasteiger partial charge in [-0.1, -0.05) is 13.8 Å². The van der Waals surface area contributed by atoms with Crippen LogP contribution in [0.5, 0.6) is 0 Å². The van der Waals surface area contributed by atoms with Crippen molar-refractivity contribution in [2.45, 2.75) is 39.3 Å². The molecule has 1 fully saturated rings. The van der Waals surface area contributed by atoms with Crippen molar-refractivity contribution < 1.29 is 0 Å². The Morgan fingerprint density at radius 2 is 2.33 bits per heavy atom. The Morgan fingerprint density at radius 1 is 1.61 bits per heavy atom. The molecule has 102 valence electrons. The second-order valence-electron chi connectivity index (χ2n) is 5.68. The summed E-state index contributed by atoms with van der Waals surface area (Å²) >= 11 is 0. The largest absolute Gasteiger partial charge is 0.333 e. The molecule has 0 aromatic carbocycles. The van der Waals surface area contributed by atoms with E-state index in [0.717, 1.165) is 31.3 Å². The van der Waals surface area contributed by atoms with Gasteiger partial charge < -0.3 is 10.3 Å². The van der Waals surface area contributed by atoms with Gasteiger partial charge in [0.25, 0.3) is 0 Å². The van der Waals surface area contributed by atoms with E-state index in [1.54, 1.807) is 0 Å². The maximum Gasteiger partial charge on any atom is 0.0948 e. The van der Waals surface area contributed by atoms with Crippen LogP contribution >= 0.6 is 0 Å². The molecule has 4 nitrogen and oxygen atoms in total. The molecule has 0 radical (unpaired) electrons. The summed E-state index contributed by atoms with van der Waals surface area (Å²) in [5.74, 6) is 1.76. The third-order valence-electron chi connectivity index (χ3n) is 4.10. The van der Waals surface area contributed by atoms with E-state index in [4.69, 9.17) is 5.73 Å². The minimum absolute atomic E-state index is 0.298. The minimum atomic E-state index is 0.298. The zero-order valence-electron chi connectivity index (χ0n) is 11.8. The van der Waals surface area contributed by atoms with Crippen molar-refractivity contribution in [3.63, 3.8) is 0 Å². The van der Waals surface area contributed by atoms with E-state index in [2.05, 4.69) is 35.3 Å². The maximum absolute atomic E-state index is 5.98. The van der Waals surface area contributed by atoms with Crippen LogP contribution in [-0.2, 0) is 6.54 Å². The predicted octanol–water partition coefficient (Wildman–Crippen LogP) is 1.88. The molecule has 1 heterocycles. The van der Waals surface area contributed by atoms with Gasteiger partial charge in [-0.2, -0.15) is 0 Å². The van der Waals surface area contributed by atoms with Crippen LogP contribution in [0.15, 0.2) is 12.5 Å². The molecule has 1 aromatic heterocycles. The SMILES string of the molecule is CCCn1cncc1C(CN)N(C)CC1CC1C. The highest BCUT2D eigenvalue weighted by Crippen LogP contribution is 2.39.